The van der Waals surface area contributed by atoms with Gasteiger partial charge in [0, 0.05) is 12.5 Å². The Kier molecular flexibility index (Phi) is 4.29. The molecule has 2 atom stereocenters. The first-order valence-electron chi connectivity index (χ1n) is 9.00. The quantitative estimate of drug-likeness (QED) is 0.844. The van der Waals surface area contributed by atoms with Gasteiger partial charge < -0.3 is 9.64 Å². The fourth-order valence-electron chi connectivity index (χ4n) is 4.43. The van der Waals surface area contributed by atoms with Crippen LogP contribution in [0.5, 0.6) is 0 Å². The Hall–Kier alpha value is -1.50. The monoisotopic (exact) mass is 319 g/mol. The zero-order valence-electron chi connectivity index (χ0n) is 13.6. The fourth-order valence-corrected chi connectivity index (χ4v) is 4.43. The molecular weight excluding hydrogens is 294 g/mol. The smallest absolute Gasteiger partial charge is 0.244 e. The zero-order chi connectivity index (χ0) is 15.6. The van der Waals surface area contributed by atoms with Crippen molar-refractivity contribution in [3.63, 3.8) is 0 Å². The highest BCUT2D eigenvalue weighted by molar-refractivity contribution is 5.76. The van der Waals surface area contributed by atoms with E-state index in [4.69, 9.17) is 4.74 Å². The molecule has 126 valence electrons. The largest absolute Gasteiger partial charge is 0.374 e. The van der Waals surface area contributed by atoms with Crippen LogP contribution in [0.1, 0.15) is 63.1 Å². The van der Waals surface area contributed by atoms with E-state index >= 15 is 0 Å². The lowest BCUT2D eigenvalue weighted by Crippen LogP contribution is -2.55. The van der Waals surface area contributed by atoms with Crippen molar-refractivity contribution >= 4 is 5.91 Å². The van der Waals surface area contributed by atoms with E-state index in [1.165, 1.54) is 25.7 Å². The number of rotatable bonds is 3. The van der Waals surface area contributed by atoms with E-state index in [0.717, 1.165) is 31.5 Å². The summed E-state index contributed by atoms with van der Waals surface area (Å²) in [6.07, 6.45) is 9.50. The molecule has 4 rings (SSSR count). The number of carbonyl (C=O) groups excluding carboxylic acids is 1. The second-order valence-corrected chi connectivity index (χ2v) is 7.02. The van der Waals surface area contributed by atoms with Crippen LogP contribution >= 0.6 is 0 Å². The molecule has 3 aliphatic rings. The molecule has 0 N–H and O–H groups in total. The maximum absolute atomic E-state index is 12.8. The van der Waals surface area contributed by atoms with Gasteiger partial charge in [-0.2, -0.15) is 0 Å². The van der Waals surface area contributed by atoms with Gasteiger partial charge in [0.1, 0.15) is 6.54 Å². The van der Waals surface area contributed by atoms with Crippen molar-refractivity contribution in [1.82, 2.24) is 25.1 Å². The van der Waals surface area contributed by atoms with E-state index in [1.807, 2.05) is 4.90 Å². The molecule has 1 aliphatic heterocycles. The van der Waals surface area contributed by atoms with Crippen molar-refractivity contribution in [2.24, 2.45) is 0 Å². The van der Waals surface area contributed by atoms with Gasteiger partial charge in [-0.05, 0) is 36.1 Å². The average molecular weight is 319 g/mol. The molecule has 7 heteroatoms. The summed E-state index contributed by atoms with van der Waals surface area (Å²) < 4.78 is 7.59. The van der Waals surface area contributed by atoms with Crippen LogP contribution in [0.2, 0.25) is 0 Å². The number of morpholine rings is 1. The van der Waals surface area contributed by atoms with Crippen LogP contribution in [0.3, 0.4) is 0 Å². The van der Waals surface area contributed by atoms with Gasteiger partial charge in [0.2, 0.25) is 5.91 Å². The minimum atomic E-state index is 0.136. The van der Waals surface area contributed by atoms with Crippen LogP contribution < -0.4 is 0 Å². The highest BCUT2D eigenvalue weighted by atomic mass is 16.5. The summed E-state index contributed by atoms with van der Waals surface area (Å²) in [5.74, 6) is 1.45. The molecule has 23 heavy (non-hydrogen) atoms. The van der Waals surface area contributed by atoms with Gasteiger partial charge in [0.25, 0.3) is 0 Å². The van der Waals surface area contributed by atoms with Crippen LogP contribution in [0.4, 0.5) is 0 Å². The van der Waals surface area contributed by atoms with Crippen molar-refractivity contribution in [2.75, 3.05) is 13.2 Å². The zero-order valence-corrected chi connectivity index (χ0v) is 13.6. The summed E-state index contributed by atoms with van der Waals surface area (Å²) in [6, 6.07) is 0.247. The number of carbonyl (C=O) groups is 1. The van der Waals surface area contributed by atoms with Gasteiger partial charge >= 0.3 is 0 Å². The minimum Gasteiger partial charge on any atom is -0.374 e. The molecule has 0 unspecified atom stereocenters. The molecule has 1 aromatic rings. The third-order valence-electron chi connectivity index (χ3n) is 5.62. The molecular formula is C16H25N5O2. The molecule has 1 aromatic heterocycles. The van der Waals surface area contributed by atoms with Crippen molar-refractivity contribution in [1.29, 1.82) is 0 Å². The summed E-state index contributed by atoms with van der Waals surface area (Å²) in [7, 11) is 0. The van der Waals surface area contributed by atoms with Crippen LogP contribution in [0.25, 0.3) is 0 Å². The fraction of sp³-hybridized carbons (Fsp3) is 0.875. The number of aromatic nitrogens is 4. The highest BCUT2D eigenvalue weighted by Gasteiger charge is 2.37. The SMILES string of the molecule is O=C(Cn1nnnc1C1CCCC1)N1CCO[C@@H]2CCCC[C@H]21. The molecule has 0 spiro atoms. The van der Waals surface area contributed by atoms with Gasteiger partial charge in [-0.15, -0.1) is 5.10 Å². The van der Waals surface area contributed by atoms with Crippen LogP contribution in [0, 0.1) is 0 Å². The summed E-state index contributed by atoms with van der Waals surface area (Å²) >= 11 is 0. The molecule has 1 saturated heterocycles. The Bertz CT molecular complexity index is 552. The van der Waals surface area contributed by atoms with E-state index in [-0.39, 0.29) is 24.6 Å². The molecule has 0 radical (unpaired) electrons. The van der Waals surface area contributed by atoms with E-state index in [2.05, 4.69) is 15.5 Å². The van der Waals surface area contributed by atoms with Crippen molar-refractivity contribution < 1.29 is 9.53 Å². The average Bonchev–Trinajstić information content (AvgIpc) is 3.25. The highest BCUT2D eigenvalue weighted by Crippen LogP contribution is 2.33. The summed E-state index contributed by atoms with van der Waals surface area (Å²) in [5.41, 5.74) is 0. The molecule has 7 nitrogen and oxygen atoms in total. The number of amides is 1. The van der Waals surface area contributed by atoms with Gasteiger partial charge in [-0.3, -0.25) is 4.79 Å². The number of ether oxygens (including phenoxy) is 1. The van der Waals surface area contributed by atoms with Crippen LogP contribution in [-0.2, 0) is 16.1 Å². The number of fused-ring (bicyclic) bond motifs is 1. The van der Waals surface area contributed by atoms with Crippen LogP contribution in [0.15, 0.2) is 0 Å². The maximum Gasteiger partial charge on any atom is 0.244 e. The first-order chi connectivity index (χ1) is 11.3. The molecule has 0 aromatic carbocycles. The first kappa shape index (κ1) is 15.1. The van der Waals surface area contributed by atoms with E-state index in [9.17, 15) is 4.79 Å². The standard InChI is InChI=1S/C16H25N5O2/c22-15(20-9-10-23-14-8-4-3-7-13(14)20)11-21-16(17-18-19-21)12-5-1-2-6-12/h12-14H,1-11H2/t13-,14-/m1/s1. The Morgan fingerprint density at radius 3 is 2.78 bits per heavy atom. The Labute approximate surface area is 136 Å². The molecule has 2 aliphatic carbocycles. The predicted octanol–water partition coefficient (Wildman–Crippen LogP) is 1.50. The molecule has 2 saturated carbocycles. The number of hydrogen-bond donors (Lipinski definition) is 0. The summed E-state index contributed by atoms with van der Waals surface area (Å²) in [6.45, 7) is 1.61. The normalized spacial score (nSPS) is 28.8. The maximum atomic E-state index is 12.8. The van der Waals surface area contributed by atoms with Gasteiger partial charge in [-0.25, -0.2) is 4.68 Å². The van der Waals surface area contributed by atoms with E-state index < -0.39 is 0 Å². The van der Waals surface area contributed by atoms with Crippen LogP contribution in [-0.4, -0.2) is 56.3 Å². The second kappa shape index (κ2) is 6.55. The topological polar surface area (TPSA) is 73.1 Å². The van der Waals surface area contributed by atoms with E-state index in [1.54, 1.807) is 4.68 Å². The molecule has 2 heterocycles. The Balaban J connectivity index is 1.46. The number of nitrogens with zero attached hydrogens (tertiary/aromatic N) is 5. The van der Waals surface area contributed by atoms with Crippen molar-refractivity contribution in [3.8, 4) is 0 Å². The van der Waals surface area contributed by atoms with Crippen molar-refractivity contribution in [2.45, 2.75) is 76.0 Å². The Morgan fingerprint density at radius 2 is 1.91 bits per heavy atom. The number of tetrazole rings is 1. The minimum absolute atomic E-state index is 0.136. The predicted molar refractivity (Wildman–Crippen MR) is 82.7 cm³/mol. The second-order valence-electron chi connectivity index (χ2n) is 7.02. The third-order valence-corrected chi connectivity index (χ3v) is 5.62. The lowest BCUT2D eigenvalue weighted by molar-refractivity contribution is -0.150. The number of hydrogen-bond acceptors (Lipinski definition) is 5. The lowest BCUT2D eigenvalue weighted by Gasteiger charge is -2.43. The summed E-state index contributed by atoms with van der Waals surface area (Å²) in [5, 5.41) is 12.1. The first-order valence-corrected chi connectivity index (χ1v) is 9.00. The van der Waals surface area contributed by atoms with Gasteiger partial charge in [0.15, 0.2) is 5.82 Å². The molecule has 3 fully saturated rings. The van der Waals surface area contributed by atoms with Gasteiger partial charge in [-0.1, -0.05) is 25.7 Å². The van der Waals surface area contributed by atoms with Crippen molar-refractivity contribution in [3.05, 3.63) is 5.82 Å². The summed E-state index contributed by atoms with van der Waals surface area (Å²) in [4.78, 5) is 14.9. The Morgan fingerprint density at radius 1 is 1.13 bits per heavy atom. The third kappa shape index (κ3) is 2.98. The lowest BCUT2D eigenvalue weighted by atomic mass is 9.90. The molecule has 1 amide bonds. The van der Waals surface area contributed by atoms with Gasteiger partial charge in [0.05, 0.1) is 18.8 Å². The molecule has 0 bridgehead atoms. The van der Waals surface area contributed by atoms with E-state index in [0.29, 0.717) is 19.1 Å².